The Balaban J connectivity index is 1.18. The molecule has 2 aliphatic rings. The fraction of sp³-hybridized carbons (Fsp3) is 0.450. The van der Waals surface area contributed by atoms with Gasteiger partial charge in [0.2, 0.25) is 0 Å². The number of halogens is 1. The molecule has 6 heteroatoms. The number of nitrogens with zero attached hydrogens (tertiary/aromatic N) is 1. The lowest BCUT2D eigenvalue weighted by atomic mass is 9.86. The normalized spacial score (nSPS) is 21.1. The third kappa shape index (κ3) is 3.52. The van der Waals surface area contributed by atoms with Crippen molar-refractivity contribution < 1.29 is 23.1 Å². The molecule has 0 saturated carbocycles. The minimum atomic E-state index is -0.229. The second-order valence-corrected chi connectivity index (χ2v) is 7.17. The predicted molar refractivity (Wildman–Crippen MR) is 92.1 cm³/mol. The zero-order valence-corrected chi connectivity index (χ0v) is 14.5. The van der Waals surface area contributed by atoms with Crippen LogP contribution in [-0.2, 0) is 16.1 Å². The van der Waals surface area contributed by atoms with Crippen LogP contribution in [0.4, 0.5) is 4.39 Å². The van der Waals surface area contributed by atoms with Crippen LogP contribution >= 0.6 is 0 Å². The SMILES string of the molecule is O=C(c1ccoc1)N1CC2(CC(CCOCc3ccccc3F)CO2)C1. The van der Waals surface area contributed by atoms with Gasteiger partial charge in [0.1, 0.15) is 17.7 Å². The van der Waals surface area contributed by atoms with Crippen molar-refractivity contribution in [3.05, 3.63) is 59.8 Å². The van der Waals surface area contributed by atoms with E-state index in [4.69, 9.17) is 13.9 Å². The van der Waals surface area contributed by atoms with Crippen molar-refractivity contribution in [2.75, 3.05) is 26.3 Å². The molecule has 5 nitrogen and oxygen atoms in total. The van der Waals surface area contributed by atoms with Crippen LogP contribution in [-0.4, -0.2) is 42.7 Å². The molecule has 1 atom stereocenters. The first-order valence-corrected chi connectivity index (χ1v) is 8.92. The first-order chi connectivity index (χ1) is 12.7. The molecule has 1 spiro atoms. The van der Waals surface area contributed by atoms with Gasteiger partial charge < -0.3 is 18.8 Å². The summed E-state index contributed by atoms with van der Waals surface area (Å²) in [5.74, 6) is 0.180. The Bertz CT molecular complexity index is 755. The van der Waals surface area contributed by atoms with Crippen LogP contribution in [0, 0.1) is 11.7 Å². The Morgan fingerprint density at radius 2 is 2.15 bits per heavy atom. The molecule has 1 unspecified atom stereocenters. The number of hydrogen-bond acceptors (Lipinski definition) is 4. The number of carbonyl (C=O) groups is 1. The number of carbonyl (C=O) groups excluding carboxylic acids is 1. The summed E-state index contributed by atoms with van der Waals surface area (Å²) in [6.07, 6.45) is 4.79. The molecule has 2 fully saturated rings. The van der Waals surface area contributed by atoms with Gasteiger partial charge in [-0.2, -0.15) is 0 Å². The summed E-state index contributed by atoms with van der Waals surface area (Å²) in [5, 5.41) is 0. The van der Waals surface area contributed by atoms with Crippen molar-refractivity contribution in [3.8, 4) is 0 Å². The van der Waals surface area contributed by atoms with Crippen molar-refractivity contribution in [2.24, 2.45) is 5.92 Å². The van der Waals surface area contributed by atoms with Gasteiger partial charge in [-0.1, -0.05) is 18.2 Å². The van der Waals surface area contributed by atoms with E-state index in [0.717, 1.165) is 12.8 Å². The molecule has 0 radical (unpaired) electrons. The van der Waals surface area contributed by atoms with Gasteiger partial charge in [-0.05, 0) is 30.9 Å². The van der Waals surface area contributed by atoms with Crippen molar-refractivity contribution in [1.82, 2.24) is 4.90 Å². The smallest absolute Gasteiger partial charge is 0.257 e. The largest absolute Gasteiger partial charge is 0.472 e. The Kier molecular flexibility index (Phi) is 4.78. The van der Waals surface area contributed by atoms with Gasteiger partial charge in [0, 0.05) is 12.2 Å². The number of benzene rings is 1. The van der Waals surface area contributed by atoms with Crippen LogP contribution in [0.3, 0.4) is 0 Å². The zero-order valence-electron chi connectivity index (χ0n) is 14.5. The van der Waals surface area contributed by atoms with Crippen LogP contribution in [0.1, 0.15) is 28.8 Å². The van der Waals surface area contributed by atoms with Crippen molar-refractivity contribution in [3.63, 3.8) is 0 Å². The van der Waals surface area contributed by atoms with E-state index >= 15 is 0 Å². The van der Waals surface area contributed by atoms with Gasteiger partial charge >= 0.3 is 0 Å². The number of hydrogen-bond donors (Lipinski definition) is 0. The molecule has 2 aliphatic heterocycles. The second-order valence-electron chi connectivity index (χ2n) is 7.17. The molecule has 3 heterocycles. The van der Waals surface area contributed by atoms with E-state index in [0.29, 0.717) is 50.0 Å². The second kappa shape index (κ2) is 7.21. The fourth-order valence-corrected chi connectivity index (χ4v) is 3.75. The third-order valence-electron chi connectivity index (χ3n) is 5.19. The summed E-state index contributed by atoms with van der Waals surface area (Å²) in [7, 11) is 0. The van der Waals surface area contributed by atoms with Crippen molar-refractivity contribution in [2.45, 2.75) is 25.0 Å². The van der Waals surface area contributed by atoms with E-state index in [2.05, 4.69) is 0 Å². The molecule has 2 saturated heterocycles. The molecule has 4 rings (SSSR count). The first kappa shape index (κ1) is 17.2. The molecule has 138 valence electrons. The third-order valence-corrected chi connectivity index (χ3v) is 5.19. The highest BCUT2D eigenvalue weighted by Gasteiger charge is 2.51. The molecule has 1 aromatic carbocycles. The Hall–Kier alpha value is -2.18. The number of likely N-dealkylation sites (tertiary alicyclic amines) is 1. The van der Waals surface area contributed by atoms with Crippen LogP contribution in [0.2, 0.25) is 0 Å². The standard InChI is InChI=1S/C20H22FNO4/c21-18-4-2-1-3-16(18)11-24-7-5-15-9-20(26-10-15)13-22(14-20)19(23)17-6-8-25-12-17/h1-4,6,8,12,15H,5,7,9-11,13-14H2. The summed E-state index contributed by atoms with van der Waals surface area (Å²) in [5.41, 5.74) is 0.963. The van der Waals surface area contributed by atoms with Crippen molar-refractivity contribution >= 4 is 5.91 Å². The number of amides is 1. The van der Waals surface area contributed by atoms with Crippen LogP contribution < -0.4 is 0 Å². The van der Waals surface area contributed by atoms with Crippen LogP contribution in [0.25, 0.3) is 0 Å². The lowest BCUT2D eigenvalue weighted by molar-refractivity contribution is -0.0950. The highest BCUT2D eigenvalue weighted by molar-refractivity contribution is 5.94. The Labute approximate surface area is 151 Å². The summed E-state index contributed by atoms with van der Waals surface area (Å²) in [6, 6.07) is 8.35. The molecule has 1 amide bonds. The topological polar surface area (TPSA) is 51.9 Å². The van der Waals surface area contributed by atoms with Crippen LogP contribution in [0.5, 0.6) is 0 Å². The summed E-state index contributed by atoms with van der Waals surface area (Å²) < 4.78 is 30.1. The van der Waals surface area contributed by atoms with Crippen LogP contribution in [0.15, 0.2) is 47.3 Å². The lowest BCUT2D eigenvalue weighted by Gasteiger charge is -2.47. The van der Waals surface area contributed by atoms with E-state index < -0.39 is 0 Å². The molecule has 0 aliphatic carbocycles. The minimum Gasteiger partial charge on any atom is -0.472 e. The molecule has 0 N–H and O–H groups in total. The summed E-state index contributed by atoms with van der Waals surface area (Å²) in [6.45, 7) is 2.82. The lowest BCUT2D eigenvalue weighted by Crippen LogP contribution is -2.63. The maximum Gasteiger partial charge on any atom is 0.257 e. The van der Waals surface area contributed by atoms with Gasteiger partial charge in [0.05, 0.1) is 38.1 Å². The van der Waals surface area contributed by atoms with Crippen molar-refractivity contribution in [1.29, 1.82) is 0 Å². The summed E-state index contributed by atoms with van der Waals surface area (Å²) in [4.78, 5) is 14.0. The van der Waals surface area contributed by atoms with Gasteiger partial charge in [-0.25, -0.2) is 4.39 Å². The average Bonchev–Trinajstić information content (AvgIpc) is 3.28. The van der Waals surface area contributed by atoms with Gasteiger partial charge in [0.25, 0.3) is 5.91 Å². The fourth-order valence-electron chi connectivity index (χ4n) is 3.75. The van der Waals surface area contributed by atoms with E-state index in [-0.39, 0.29) is 17.3 Å². The number of ether oxygens (including phenoxy) is 2. The van der Waals surface area contributed by atoms with E-state index in [1.165, 1.54) is 18.6 Å². The maximum absolute atomic E-state index is 13.5. The molecule has 0 bridgehead atoms. The van der Waals surface area contributed by atoms with E-state index in [9.17, 15) is 9.18 Å². The monoisotopic (exact) mass is 359 g/mol. The number of furan rings is 1. The zero-order chi connectivity index (χ0) is 18.0. The van der Waals surface area contributed by atoms with Gasteiger partial charge in [0.15, 0.2) is 0 Å². The minimum absolute atomic E-state index is 0.00959. The first-order valence-electron chi connectivity index (χ1n) is 8.92. The predicted octanol–water partition coefficient (Wildman–Crippen LogP) is 3.26. The molecular weight excluding hydrogens is 337 g/mol. The molecule has 2 aromatic rings. The quantitative estimate of drug-likeness (QED) is 0.743. The highest BCUT2D eigenvalue weighted by atomic mass is 19.1. The summed E-state index contributed by atoms with van der Waals surface area (Å²) >= 11 is 0. The average molecular weight is 359 g/mol. The molecule has 26 heavy (non-hydrogen) atoms. The van der Waals surface area contributed by atoms with E-state index in [1.807, 2.05) is 6.07 Å². The highest BCUT2D eigenvalue weighted by Crippen LogP contribution is 2.39. The maximum atomic E-state index is 13.5. The Morgan fingerprint density at radius 3 is 2.92 bits per heavy atom. The Morgan fingerprint density at radius 1 is 1.31 bits per heavy atom. The van der Waals surface area contributed by atoms with Gasteiger partial charge in [-0.15, -0.1) is 0 Å². The molecule has 1 aromatic heterocycles. The van der Waals surface area contributed by atoms with Gasteiger partial charge in [-0.3, -0.25) is 4.79 Å². The number of rotatable bonds is 6. The van der Waals surface area contributed by atoms with E-state index in [1.54, 1.807) is 23.1 Å². The molecular formula is C20H22FNO4.